The van der Waals surface area contributed by atoms with Crippen molar-refractivity contribution >= 4 is 31.5 Å². The van der Waals surface area contributed by atoms with E-state index in [0.29, 0.717) is 0 Å². The molecule has 0 aliphatic rings. The van der Waals surface area contributed by atoms with Gasteiger partial charge >= 0.3 is 0 Å². The average Bonchev–Trinajstić information content (AvgIpc) is 2.42. The normalized spacial score (nSPS) is 11.3. The van der Waals surface area contributed by atoms with Gasteiger partial charge in [-0.15, -0.1) is 11.3 Å². The first-order chi connectivity index (χ1) is 9.13. The van der Waals surface area contributed by atoms with Crippen LogP contribution >= 0.6 is 11.3 Å². The second-order valence-electron chi connectivity index (χ2n) is 4.94. The summed E-state index contributed by atoms with van der Waals surface area (Å²) in [6, 6.07) is 10.1. The Morgan fingerprint density at radius 1 is 1.05 bits per heavy atom. The first-order valence-corrected chi connectivity index (χ1v) is 7.39. The molecule has 3 aromatic rings. The van der Waals surface area contributed by atoms with Gasteiger partial charge in [0.05, 0.1) is 0 Å². The van der Waals surface area contributed by atoms with Crippen LogP contribution in [-0.4, -0.2) is 0 Å². The predicted octanol–water partition coefficient (Wildman–Crippen LogP) is 4.59. The molecular formula is C17H16OS. The van der Waals surface area contributed by atoms with Gasteiger partial charge in [0.15, 0.2) is 5.43 Å². The minimum Gasteiger partial charge on any atom is -0.288 e. The molecule has 0 amide bonds. The molecule has 0 radical (unpaired) electrons. The van der Waals surface area contributed by atoms with Gasteiger partial charge in [-0.3, -0.25) is 4.79 Å². The molecule has 0 N–H and O–H groups in total. The molecule has 2 aromatic carbocycles. The van der Waals surface area contributed by atoms with E-state index in [1.165, 1.54) is 11.1 Å². The quantitative estimate of drug-likeness (QED) is 0.590. The first kappa shape index (κ1) is 12.4. The monoisotopic (exact) mass is 268 g/mol. The molecule has 1 nitrogen and oxygen atoms in total. The van der Waals surface area contributed by atoms with Crippen LogP contribution in [0.15, 0.2) is 35.1 Å². The van der Waals surface area contributed by atoms with Crippen LogP contribution < -0.4 is 5.43 Å². The van der Waals surface area contributed by atoms with Gasteiger partial charge in [-0.1, -0.05) is 19.1 Å². The maximum atomic E-state index is 12.7. The summed E-state index contributed by atoms with van der Waals surface area (Å²) < 4.78 is 2.19. The molecule has 0 fully saturated rings. The molecule has 19 heavy (non-hydrogen) atoms. The first-order valence-electron chi connectivity index (χ1n) is 6.58. The summed E-state index contributed by atoms with van der Waals surface area (Å²) in [6.45, 7) is 6.35. The number of rotatable bonds is 1. The summed E-state index contributed by atoms with van der Waals surface area (Å²) in [5, 5.41) is 1.74. The third-order valence-corrected chi connectivity index (χ3v) is 5.05. The van der Waals surface area contributed by atoms with Gasteiger partial charge in [-0.05, 0) is 55.2 Å². The zero-order chi connectivity index (χ0) is 13.6. The Hall–Kier alpha value is -1.67. The van der Waals surface area contributed by atoms with Crippen molar-refractivity contribution in [2.45, 2.75) is 27.2 Å². The minimum atomic E-state index is 0.174. The van der Waals surface area contributed by atoms with Gasteiger partial charge in [-0.25, -0.2) is 0 Å². The number of fused-ring (bicyclic) bond motifs is 2. The Kier molecular flexibility index (Phi) is 2.90. The third kappa shape index (κ3) is 1.79. The van der Waals surface area contributed by atoms with E-state index < -0.39 is 0 Å². The van der Waals surface area contributed by atoms with Crippen LogP contribution in [0.2, 0.25) is 0 Å². The van der Waals surface area contributed by atoms with Crippen molar-refractivity contribution in [2.24, 2.45) is 0 Å². The number of benzene rings is 2. The minimum absolute atomic E-state index is 0.174. The summed E-state index contributed by atoms with van der Waals surface area (Å²) in [7, 11) is 0. The molecule has 0 atom stereocenters. The van der Waals surface area contributed by atoms with E-state index in [4.69, 9.17) is 0 Å². The van der Waals surface area contributed by atoms with Crippen LogP contribution in [0.5, 0.6) is 0 Å². The second kappa shape index (κ2) is 4.46. The Bertz CT molecular complexity index is 843. The number of hydrogen-bond donors (Lipinski definition) is 0. The van der Waals surface area contributed by atoms with Crippen molar-refractivity contribution in [3.8, 4) is 0 Å². The van der Waals surface area contributed by atoms with Crippen molar-refractivity contribution in [1.29, 1.82) is 0 Å². The second-order valence-corrected chi connectivity index (χ2v) is 6.02. The van der Waals surface area contributed by atoms with Crippen molar-refractivity contribution in [3.05, 3.63) is 57.2 Å². The van der Waals surface area contributed by atoms with Crippen molar-refractivity contribution in [2.75, 3.05) is 0 Å². The maximum absolute atomic E-state index is 12.7. The molecule has 0 saturated carbocycles. The molecule has 96 valence electrons. The molecule has 3 rings (SSSR count). The van der Waals surface area contributed by atoms with Crippen molar-refractivity contribution in [3.63, 3.8) is 0 Å². The van der Waals surface area contributed by atoms with Gasteiger partial charge in [0.1, 0.15) is 0 Å². The summed E-state index contributed by atoms with van der Waals surface area (Å²) in [5.41, 5.74) is 3.92. The molecule has 0 aliphatic heterocycles. The van der Waals surface area contributed by atoms with Gasteiger partial charge < -0.3 is 0 Å². The molecule has 0 saturated heterocycles. The smallest absolute Gasteiger partial charge is 0.196 e. The van der Waals surface area contributed by atoms with Crippen LogP contribution in [0, 0.1) is 13.8 Å². The molecule has 0 spiro atoms. The molecular weight excluding hydrogens is 252 g/mol. The van der Waals surface area contributed by atoms with Crippen LogP contribution in [-0.2, 0) is 6.42 Å². The Balaban J connectivity index is 2.59. The molecule has 2 heteroatoms. The zero-order valence-corrected chi connectivity index (χ0v) is 12.2. The standard InChI is InChI=1S/C17H16OS/c1-4-12-9-15-16(11(3)10(12)2)17(18)13-7-5-6-8-14(13)19-15/h5-9H,4H2,1-3H3. The highest BCUT2D eigenvalue weighted by Gasteiger charge is 2.11. The number of aryl methyl sites for hydroxylation is 2. The highest BCUT2D eigenvalue weighted by Crippen LogP contribution is 2.30. The maximum Gasteiger partial charge on any atom is 0.196 e. The summed E-state index contributed by atoms with van der Waals surface area (Å²) in [5.74, 6) is 0. The molecule has 1 aromatic heterocycles. The SMILES string of the molecule is CCc1cc2sc3ccccc3c(=O)c2c(C)c1C. The predicted molar refractivity (Wildman–Crippen MR) is 84.5 cm³/mol. The Morgan fingerprint density at radius 2 is 1.79 bits per heavy atom. The van der Waals surface area contributed by atoms with Gasteiger partial charge in [0.25, 0.3) is 0 Å². The highest BCUT2D eigenvalue weighted by molar-refractivity contribution is 7.24. The van der Waals surface area contributed by atoms with E-state index in [-0.39, 0.29) is 5.43 Å². The fraction of sp³-hybridized carbons (Fsp3) is 0.235. The summed E-state index contributed by atoms with van der Waals surface area (Å²) in [4.78, 5) is 12.7. The van der Waals surface area contributed by atoms with Crippen molar-refractivity contribution in [1.82, 2.24) is 0 Å². The largest absolute Gasteiger partial charge is 0.288 e. The van der Waals surface area contributed by atoms with Crippen molar-refractivity contribution < 1.29 is 0 Å². The van der Waals surface area contributed by atoms with Crippen LogP contribution in [0.25, 0.3) is 20.2 Å². The lowest BCUT2D eigenvalue weighted by atomic mass is 9.97. The van der Waals surface area contributed by atoms with E-state index in [1.807, 2.05) is 24.3 Å². The van der Waals surface area contributed by atoms with Crippen LogP contribution in [0.3, 0.4) is 0 Å². The van der Waals surface area contributed by atoms with Crippen LogP contribution in [0.1, 0.15) is 23.6 Å². The van der Waals surface area contributed by atoms with Gasteiger partial charge in [0.2, 0.25) is 0 Å². The fourth-order valence-corrected chi connectivity index (χ4v) is 3.88. The van der Waals surface area contributed by atoms with E-state index in [9.17, 15) is 4.79 Å². The fourth-order valence-electron chi connectivity index (χ4n) is 2.68. The summed E-state index contributed by atoms with van der Waals surface area (Å²) in [6.07, 6.45) is 1.01. The lowest BCUT2D eigenvalue weighted by molar-refractivity contribution is 1.10. The van der Waals surface area contributed by atoms with E-state index in [0.717, 1.165) is 32.2 Å². The highest BCUT2D eigenvalue weighted by atomic mass is 32.1. The van der Waals surface area contributed by atoms with Gasteiger partial charge in [0, 0.05) is 20.2 Å². The lowest BCUT2D eigenvalue weighted by Crippen LogP contribution is -2.05. The van der Waals surface area contributed by atoms with E-state index in [1.54, 1.807) is 11.3 Å². The molecule has 0 aliphatic carbocycles. The Morgan fingerprint density at radius 3 is 2.53 bits per heavy atom. The van der Waals surface area contributed by atoms with E-state index >= 15 is 0 Å². The lowest BCUT2D eigenvalue weighted by Gasteiger charge is -2.11. The number of hydrogen-bond acceptors (Lipinski definition) is 2. The molecule has 0 unspecified atom stereocenters. The van der Waals surface area contributed by atoms with E-state index in [2.05, 4.69) is 26.8 Å². The topological polar surface area (TPSA) is 17.1 Å². The average molecular weight is 268 g/mol. The third-order valence-electron chi connectivity index (χ3n) is 3.93. The zero-order valence-electron chi connectivity index (χ0n) is 11.4. The van der Waals surface area contributed by atoms with Gasteiger partial charge in [-0.2, -0.15) is 0 Å². The van der Waals surface area contributed by atoms with Crippen LogP contribution in [0.4, 0.5) is 0 Å². The molecule has 0 bridgehead atoms. The Labute approximate surface area is 116 Å². The summed E-state index contributed by atoms with van der Waals surface area (Å²) >= 11 is 1.72. The molecule has 1 heterocycles.